The average molecular weight is 460 g/mol. The van der Waals surface area contributed by atoms with Gasteiger partial charge in [-0.2, -0.15) is 4.98 Å². The third-order valence-corrected chi connectivity index (χ3v) is 7.63. The number of nitrogens with two attached hydrogens (primary N) is 1. The fraction of sp³-hybridized carbons (Fsp3) is 0.652. The first-order chi connectivity index (χ1) is 15.7. The van der Waals surface area contributed by atoms with Crippen LogP contribution in [0, 0.1) is 0 Å². The molecule has 32 heavy (non-hydrogen) atoms. The summed E-state index contributed by atoms with van der Waals surface area (Å²) in [4.78, 5) is 12.0. The van der Waals surface area contributed by atoms with Gasteiger partial charge < -0.3 is 15.4 Å². The first-order valence-electron chi connectivity index (χ1n) is 11.9. The minimum atomic E-state index is 0.384. The van der Waals surface area contributed by atoms with Gasteiger partial charge in [0.1, 0.15) is 0 Å². The van der Waals surface area contributed by atoms with Crippen LogP contribution in [0.25, 0.3) is 0 Å². The molecule has 0 radical (unpaired) electrons. The second-order valence-electron chi connectivity index (χ2n) is 9.30. The highest BCUT2D eigenvalue weighted by Crippen LogP contribution is 2.31. The Labute approximate surface area is 195 Å². The van der Waals surface area contributed by atoms with Gasteiger partial charge >= 0.3 is 0 Å². The van der Waals surface area contributed by atoms with Crippen LogP contribution >= 0.6 is 11.6 Å². The minimum Gasteiger partial charge on any atom is -0.379 e. The van der Waals surface area contributed by atoms with Gasteiger partial charge in [0.2, 0.25) is 11.9 Å². The number of anilines is 2. The molecule has 1 aromatic carbocycles. The lowest BCUT2D eigenvalue weighted by atomic mass is 9.88. The number of halogens is 1. The van der Waals surface area contributed by atoms with Gasteiger partial charge in [0.25, 0.3) is 0 Å². The number of nitrogen functional groups attached to an aromatic ring is 1. The van der Waals surface area contributed by atoms with Crippen molar-refractivity contribution in [2.24, 2.45) is 0 Å². The maximum atomic E-state index is 6.12. The van der Waals surface area contributed by atoms with Crippen molar-refractivity contribution in [3.63, 3.8) is 0 Å². The third-order valence-electron chi connectivity index (χ3n) is 7.38. The van der Waals surface area contributed by atoms with E-state index in [4.69, 9.17) is 22.1 Å². The van der Waals surface area contributed by atoms with E-state index in [2.05, 4.69) is 42.0 Å². The SMILES string of the molecule is Nc1nc(N2CCC(N3CC(N4CCOCC4)CCC3Cc3ccc(Cl)cc3)CC2)n[nH]1. The van der Waals surface area contributed by atoms with E-state index in [1.165, 1.54) is 18.4 Å². The number of ether oxygens (including phenoxy) is 1. The Balaban J connectivity index is 1.28. The topological polar surface area (TPSA) is 86.5 Å². The highest BCUT2D eigenvalue weighted by Gasteiger charge is 2.37. The van der Waals surface area contributed by atoms with Crippen molar-refractivity contribution >= 4 is 23.5 Å². The molecule has 8 nitrogen and oxygen atoms in total. The Hall–Kier alpha value is -1.87. The molecule has 3 fully saturated rings. The summed E-state index contributed by atoms with van der Waals surface area (Å²) in [6, 6.07) is 10.2. The van der Waals surface area contributed by atoms with Gasteiger partial charge in [-0.05, 0) is 49.8 Å². The fourth-order valence-corrected chi connectivity index (χ4v) is 5.76. The molecular formula is C23H34ClN7O. The monoisotopic (exact) mass is 459 g/mol. The minimum absolute atomic E-state index is 0.384. The van der Waals surface area contributed by atoms with Crippen LogP contribution in [-0.2, 0) is 11.2 Å². The molecule has 2 unspecified atom stereocenters. The van der Waals surface area contributed by atoms with E-state index < -0.39 is 0 Å². The number of benzene rings is 1. The quantitative estimate of drug-likeness (QED) is 0.710. The average Bonchev–Trinajstić information content (AvgIpc) is 3.28. The van der Waals surface area contributed by atoms with E-state index in [1.807, 2.05) is 12.1 Å². The van der Waals surface area contributed by atoms with E-state index in [-0.39, 0.29) is 0 Å². The Morgan fingerprint density at radius 2 is 1.75 bits per heavy atom. The van der Waals surface area contributed by atoms with Gasteiger partial charge in [-0.15, -0.1) is 5.10 Å². The molecule has 174 valence electrons. The van der Waals surface area contributed by atoms with Gasteiger partial charge in [0.15, 0.2) is 0 Å². The van der Waals surface area contributed by atoms with Crippen molar-refractivity contribution in [1.82, 2.24) is 25.0 Å². The lowest BCUT2D eigenvalue weighted by Crippen LogP contribution is -2.59. The van der Waals surface area contributed by atoms with Gasteiger partial charge in [-0.25, -0.2) is 5.10 Å². The molecule has 3 aliphatic heterocycles. The predicted molar refractivity (Wildman–Crippen MR) is 127 cm³/mol. The van der Waals surface area contributed by atoms with Crippen molar-refractivity contribution < 1.29 is 4.74 Å². The molecular weight excluding hydrogens is 426 g/mol. The zero-order chi connectivity index (χ0) is 21.9. The lowest BCUT2D eigenvalue weighted by Gasteiger charge is -2.49. The molecule has 5 rings (SSSR count). The Morgan fingerprint density at radius 1 is 1.00 bits per heavy atom. The van der Waals surface area contributed by atoms with E-state index in [1.54, 1.807) is 0 Å². The number of nitrogens with one attached hydrogen (secondary N) is 1. The van der Waals surface area contributed by atoms with Crippen molar-refractivity contribution in [2.45, 2.75) is 50.2 Å². The third kappa shape index (κ3) is 5.03. The number of H-pyrrole nitrogens is 1. The molecule has 0 aliphatic carbocycles. The Bertz CT molecular complexity index is 861. The summed E-state index contributed by atoms with van der Waals surface area (Å²) in [6.45, 7) is 6.93. The second-order valence-corrected chi connectivity index (χ2v) is 9.74. The van der Waals surface area contributed by atoms with Gasteiger partial charge in [-0.1, -0.05) is 23.7 Å². The van der Waals surface area contributed by atoms with Crippen molar-refractivity contribution in [3.05, 3.63) is 34.9 Å². The summed E-state index contributed by atoms with van der Waals surface area (Å²) in [5.41, 5.74) is 7.11. The largest absolute Gasteiger partial charge is 0.379 e. The molecule has 1 aromatic heterocycles. The van der Waals surface area contributed by atoms with Gasteiger partial charge in [0.05, 0.1) is 13.2 Å². The molecule has 0 spiro atoms. The van der Waals surface area contributed by atoms with Gasteiger partial charge in [0, 0.05) is 55.9 Å². The number of nitrogens with zero attached hydrogens (tertiary/aromatic N) is 5. The highest BCUT2D eigenvalue weighted by atomic mass is 35.5. The maximum Gasteiger partial charge on any atom is 0.246 e. The summed E-state index contributed by atoms with van der Waals surface area (Å²) in [7, 11) is 0. The number of likely N-dealkylation sites (tertiary alicyclic amines) is 1. The first-order valence-corrected chi connectivity index (χ1v) is 12.3. The Kier molecular flexibility index (Phi) is 6.83. The molecule has 9 heteroatoms. The summed E-state index contributed by atoms with van der Waals surface area (Å²) < 4.78 is 5.60. The number of piperidine rings is 2. The van der Waals surface area contributed by atoms with Crippen molar-refractivity contribution in [3.8, 4) is 0 Å². The van der Waals surface area contributed by atoms with E-state index in [9.17, 15) is 0 Å². The molecule has 3 saturated heterocycles. The number of aromatic nitrogens is 3. The first kappa shape index (κ1) is 21.9. The van der Waals surface area contributed by atoms with Crippen molar-refractivity contribution in [1.29, 1.82) is 0 Å². The molecule has 0 bridgehead atoms. The lowest BCUT2D eigenvalue weighted by molar-refractivity contribution is -0.0252. The standard InChI is InChI=1S/C23H34ClN7O/c24-18-3-1-17(2-4-18)15-20-5-6-21(29-11-13-32-14-12-29)16-31(20)19-7-9-30(10-8-19)23-26-22(25)27-28-23/h1-4,19-21H,5-16H2,(H3,25,26,27,28). The maximum absolute atomic E-state index is 6.12. The normalized spacial score (nSPS) is 26.5. The molecule has 3 aliphatic rings. The smallest absolute Gasteiger partial charge is 0.246 e. The molecule has 2 aromatic rings. The number of rotatable bonds is 5. The summed E-state index contributed by atoms with van der Waals surface area (Å²) in [5.74, 6) is 1.11. The van der Waals surface area contributed by atoms with Crippen LogP contribution in [-0.4, -0.2) is 89.0 Å². The highest BCUT2D eigenvalue weighted by molar-refractivity contribution is 6.30. The number of hydrogen-bond donors (Lipinski definition) is 2. The Morgan fingerprint density at radius 3 is 2.44 bits per heavy atom. The van der Waals surface area contributed by atoms with E-state index >= 15 is 0 Å². The number of hydrogen-bond acceptors (Lipinski definition) is 7. The van der Waals surface area contributed by atoms with Crippen molar-refractivity contribution in [2.75, 3.05) is 56.6 Å². The molecule has 0 saturated carbocycles. The summed E-state index contributed by atoms with van der Waals surface area (Å²) in [6.07, 6.45) is 5.85. The van der Waals surface area contributed by atoms with E-state index in [0.717, 1.165) is 76.2 Å². The van der Waals surface area contributed by atoms with Crippen LogP contribution < -0.4 is 10.6 Å². The number of aromatic amines is 1. The second kappa shape index (κ2) is 9.95. The van der Waals surface area contributed by atoms with Crippen LogP contribution in [0.2, 0.25) is 5.02 Å². The van der Waals surface area contributed by atoms with Crippen LogP contribution in [0.3, 0.4) is 0 Å². The van der Waals surface area contributed by atoms with Crippen LogP contribution in [0.5, 0.6) is 0 Å². The summed E-state index contributed by atoms with van der Waals surface area (Å²) >= 11 is 6.12. The summed E-state index contributed by atoms with van der Waals surface area (Å²) in [5, 5.41) is 7.82. The molecule has 2 atom stereocenters. The number of morpholine rings is 1. The van der Waals surface area contributed by atoms with Crippen LogP contribution in [0.4, 0.5) is 11.9 Å². The zero-order valence-electron chi connectivity index (χ0n) is 18.6. The predicted octanol–water partition coefficient (Wildman–Crippen LogP) is 2.42. The van der Waals surface area contributed by atoms with Crippen LogP contribution in [0.15, 0.2) is 24.3 Å². The van der Waals surface area contributed by atoms with Crippen LogP contribution in [0.1, 0.15) is 31.2 Å². The zero-order valence-corrected chi connectivity index (χ0v) is 19.4. The molecule has 0 amide bonds. The van der Waals surface area contributed by atoms with Gasteiger partial charge in [-0.3, -0.25) is 9.80 Å². The molecule has 4 heterocycles. The molecule has 3 N–H and O–H groups in total. The fourth-order valence-electron chi connectivity index (χ4n) is 5.64. The van der Waals surface area contributed by atoms with E-state index in [0.29, 0.717) is 24.1 Å².